The van der Waals surface area contributed by atoms with Crippen molar-refractivity contribution in [2.24, 2.45) is 5.92 Å². The fraction of sp³-hybridized carbons (Fsp3) is 0.526. The molecule has 1 saturated carbocycles. The summed E-state index contributed by atoms with van der Waals surface area (Å²) in [6.45, 7) is 4.51. The van der Waals surface area contributed by atoms with E-state index in [4.69, 9.17) is 4.98 Å². The number of fused-ring (bicyclic) bond motifs is 1. The summed E-state index contributed by atoms with van der Waals surface area (Å²) in [5, 5.41) is 4.73. The van der Waals surface area contributed by atoms with Crippen LogP contribution in [0.3, 0.4) is 0 Å². The number of rotatable bonds is 3. The van der Waals surface area contributed by atoms with E-state index in [9.17, 15) is 0 Å². The van der Waals surface area contributed by atoms with Gasteiger partial charge in [0.15, 0.2) is 0 Å². The number of benzene rings is 1. The molecule has 3 nitrogen and oxygen atoms in total. The minimum atomic E-state index is 0.509. The van der Waals surface area contributed by atoms with Crippen LogP contribution in [-0.2, 0) is 0 Å². The van der Waals surface area contributed by atoms with E-state index in [1.54, 1.807) is 0 Å². The lowest BCUT2D eigenvalue weighted by atomic mass is 9.92. The second-order valence-electron chi connectivity index (χ2n) is 6.70. The van der Waals surface area contributed by atoms with E-state index in [0.717, 1.165) is 37.6 Å². The minimum Gasteiger partial charge on any atom is -0.314 e. The van der Waals surface area contributed by atoms with Gasteiger partial charge < -0.3 is 5.32 Å². The third-order valence-corrected chi connectivity index (χ3v) is 5.31. The fourth-order valence-electron chi connectivity index (χ4n) is 4.21. The number of piperazine rings is 1. The summed E-state index contributed by atoms with van der Waals surface area (Å²) in [4.78, 5) is 7.70. The van der Waals surface area contributed by atoms with Crippen LogP contribution in [0.4, 0.5) is 0 Å². The summed E-state index contributed by atoms with van der Waals surface area (Å²) in [6, 6.07) is 13.5. The second-order valence-corrected chi connectivity index (χ2v) is 6.70. The van der Waals surface area contributed by atoms with Crippen LogP contribution in [0.2, 0.25) is 0 Å². The first-order chi connectivity index (χ1) is 10.9. The summed E-state index contributed by atoms with van der Waals surface area (Å²) in [6.07, 6.45) is 5.51. The highest BCUT2D eigenvalue weighted by atomic mass is 15.2. The Morgan fingerprint density at radius 2 is 1.77 bits per heavy atom. The average molecular weight is 295 g/mol. The average Bonchev–Trinajstić information content (AvgIpc) is 3.10. The van der Waals surface area contributed by atoms with Gasteiger partial charge in [0.05, 0.1) is 17.3 Å². The smallest absolute Gasteiger partial charge is 0.0706 e. The molecule has 4 rings (SSSR count). The first-order valence-electron chi connectivity index (χ1n) is 8.72. The van der Waals surface area contributed by atoms with Crippen molar-refractivity contribution in [2.45, 2.75) is 31.7 Å². The van der Waals surface area contributed by atoms with Crippen LogP contribution >= 0.6 is 0 Å². The van der Waals surface area contributed by atoms with Crippen LogP contribution in [0, 0.1) is 5.92 Å². The van der Waals surface area contributed by atoms with Crippen molar-refractivity contribution in [1.29, 1.82) is 0 Å². The van der Waals surface area contributed by atoms with Gasteiger partial charge in [-0.2, -0.15) is 0 Å². The van der Waals surface area contributed by atoms with Crippen molar-refractivity contribution in [3.63, 3.8) is 0 Å². The summed E-state index contributed by atoms with van der Waals surface area (Å²) in [5.41, 5.74) is 2.42. The van der Waals surface area contributed by atoms with E-state index < -0.39 is 0 Å². The molecule has 0 radical (unpaired) electrons. The molecule has 1 N–H and O–H groups in total. The van der Waals surface area contributed by atoms with E-state index in [1.807, 2.05) is 0 Å². The monoisotopic (exact) mass is 295 g/mol. The molecule has 1 aliphatic heterocycles. The molecular weight excluding hydrogens is 270 g/mol. The Bertz CT molecular complexity index is 627. The zero-order chi connectivity index (χ0) is 14.8. The van der Waals surface area contributed by atoms with Crippen LogP contribution in [0.25, 0.3) is 10.9 Å². The third-order valence-electron chi connectivity index (χ3n) is 5.31. The highest BCUT2D eigenvalue weighted by molar-refractivity contribution is 5.78. The number of aromatic nitrogens is 1. The maximum Gasteiger partial charge on any atom is 0.0706 e. The Labute approximate surface area is 132 Å². The maximum absolute atomic E-state index is 5.03. The largest absolute Gasteiger partial charge is 0.314 e. The van der Waals surface area contributed by atoms with Gasteiger partial charge in [0.25, 0.3) is 0 Å². The van der Waals surface area contributed by atoms with E-state index in [1.165, 1.54) is 36.8 Å². The fourth-order valence-corrected chi connectivity index (χ4v) is 4.21. The van der Waals surface area contributed by atoms with Crippen LogP contribution < -0.4 is 5.32 Å². The van der Waals surface area contributed by atoms with Gasteiger partial charge >= 0.3 is 0 Å². The Morgan fingerprint density at radius 3 is 2.59 bits per heavy atom. The topological polar surface area (TPSA) is 28.2 Å². The molecule has 1 aliphatic carbocycles. The van der Waals surface area contributed by atoms with E-state index in [0.29, 0.717) is 6.04 Å². The molecular formula is C19H25N3. The van der Waals surface area contributed by atoms with Gasteiger partial charge in [-0.3, -0.25) is 9.88 Å². The van der Waals surface area contributed by atoms with Gasteiger partial charge in [-0.05, 0) is 30.9 Å². The molecule has 22 heavy (non-hydrogen) atoms. The normalized spacial score (nSPS) is 22.2. The van der Waals surface area contributed by atoms with Gasteiger partial charge in [0, 0.05) is 31.6 Å². The lowest BCUT2D eigenvalue weighted by Crippen LogP contribution is -2.46. The standard InChI is InChI=1S/C19H25N3/c1-2-7-16(6-1)19(22-13-11-20-12-14-22)18-10-9-15-5-3-4-8-17(15)21-18/h3-5,8-10,16,19-20H,1-2,6-7,11-14H2/t19-/m1/s1. The quantitative estimate of drug-likeness (QED) is 0.941. The SMILES string of the molecule is c1ccc2nc([C@@H](C3CCCC3)N3CCNCC3)ccc2c1. The van der Waals surface area contributed by atoms with Crippen molar-refractivity contribution in [3.8, 4) is 0 Å². The van der Waals surface area contributed by atoms with Gasteiger partial charge in [-0.25, -0.2) is 0 Å². The lowest BCUT2D eigenvalue weighted by molar-refractivity contribution is 0.122. The molecule has 0 amide bonds. The van der Waals surface area contributed by atoms with Gasteiger partial charge in [-0.1, -0.05) is 37.1 Å². The van der Waals surface area contributed by atoms with E-state index in [2.05, 4.69) is 46.6 Å². The highest BCUT2D eigenvalue weighted by Gasteiger charge is 2.32. The molecule has 2 aromatic rings. The third kappa shape index (κ3) is 2.75. The highest BCUT2D eigenvalue weighted by Crippen LogP contribution is 2.39. The van der Waals surface area contributed by atoms with Crippen molar-refractivity contribution < 1.29 is 0 Å². The molecule has 1 saturated heterocycles. The Balaban J connectivity index is 1.70. The van der Waals surface area contributed by atoms with Crippen LogP contribution in [0.1, 0.15) is 37.4 Å². The van der Waals surface area contributed by atoms with Crippen molar-refractivity contribution in [1.82, 2.24) is 15.2 Å². The number of hydrogen-bond acceptors (Lipinski definition) is 3. The van der Waals surface area contributed by atoms with Gasteiger partial charge in [-0.15, -0.1) is 0 Å². The summed E-state index contributed by atoms with van der Waals surface area (Å²) in [5.74, 6) is 0.784. The predicted octanol–water partition coefficient (Wildman–Crippen LogP) is 3.37. The zero-order valence-corrected chi connectivity index (χ0v) is 13.2. The molecule has 3 heteroatoms. The first kappa shape index (κ1) is 14.2. The van der Waals surface area contributed by atoms with Crippen LogP contribution in [0.5, 0.6) is 0 Å². The maximum atomic E-state index is 5.03. The van der Waals surface area contributed by atoms with Gasteiger partial charge in [0.1, 0.15) is 0 Å². The molecule has 1 aromatic heterocycles. The van der Waals surface area contributed by atoms with E-state index >= 15 is 0 Å². The van der Waals surface area contributed by atoms with Crippen molar-refractivity contribution in [3.05, 3.63) is 42.1 Å². The lowest BCUT2D eigenvalue weighted by Gasteiger charge is -2.38. The second kappa shape index (κ2) is 6.35. The molecule has 2 heterocycles. The summed E-state index contributed by atoms with van der Waals surface area (Å²) < 4.78 is 0. The number of nitrogens with zero attached hydrogens (tertiary/aromatic N) is 2. The van der Waals surface area contributed by atoms with Crippen LogP contribution in [-0.4, -0.2) is 36.1 Å². The Morgan fingerprint density at radius 1 is 1.00 bits per heavy atom. The number of para-hydroxylation sites is 1. The van der Waals surface area contributed by atoms with Crippen molar-refractivity contribution in [2.75, 3.05) is 26.2 Å². The molecule has 1 atom stereocenters. The molecule has 0 bridgehead atoms. The summed E-state index contributed by atoms with van der Waals surface area (Å²) in [7, 11) is 0. The van der Waals surface area contributed by atoms with Crippen molar-refractivity contribution >= 4 is 10.9 Å². The number of pyridine rings is 1. The van der Waals surface area contributed by atoms with Gasteiger partial charge in [0.2, 0.25) is 0 Å². The minimum absolute atomic E-state index is 0.509. The molecule has 2 aliphatic rings. The molecule has 0 unspecified atom stereocenters. The molecule has 2 fully saturated rings. The molecule has 0 spiro atoms. The molecule has 116 valence electrons. The Hall–Kier alpha value is -1.45. The number of nitrogens with one attached hydrogen (secondary N) is 1. The molecule has 1 aromatic carbocycles. The van der Waals surface area contributed by atoms with E-state index in [-0.39, 0.29) is 0 Å². The Kier molecular flexibility index (Phi) is 4.09. The zero-order valence-electron chi connectivity index (χ0n) is 13.2. The number of hydrogen-bond donors (Lipinski definition) is 1. The summed E-state index contributed by atoms with van der Waals surface area (Å²) >= 11 is 0. The van der Waals surface area contributed by atoms with Crippen LogP contribution in [0.15, 0.2) is 36.4 Å². The predicted molar refractivity (Wildman–Crippen MR) is 90.9 cm³/mol. The first-order valence-corrected chi connectivity index (χ1v) is 8.72.